The summed E-state index contributed by atoms with van der Waals surface area (Å²) in [6.07, 6.45) is 1.75. The smallest absolute Gasteiger partial charge is 0.345 e. The number of halogens is 2. The van der Waals surface area contributed by atoms with E-state index in [1.165, 1.54) is 0 Å². The topological polar surface area (TPSA) is 94.4 Å². The van der Waals surface area contributed by atoms with Crippen molar-refractivity contribution >= 4 is 50.6 Å². The second-order valence-electron chi connectivity index (χ2n) is 4.34. The van der Waals surface area contributed by atoms with Crippen molar-refractivity contribution in [1.29, 1.82) is 0 Å². The zero-order valence-corrected chi connectivity index (χ0v) is 14.0. The van der Waals surface area contributed by atoms with Crippen LogP contribution in [-0.4, -0.2) is 22.4 Å². The lowest BCUT2D eigenvalue weighted by Crippen LogP contribution is -2.12. The van der Waals surface area contributed by atoms with Gasteiger partial charge in [0, 0.05) is 11.4 Å². The minimum atomic E-state index is -0.559. The normalized spacial score (nSPS) is 10.3. The summed E-state index contributed by atoms with van der Waals surface area (Å²) in [7, 11) is 0. The van der Waals surface area contributed by atoms with E-state index in [1.54, 1.807) is 18.2 Å². The second kappa shape index (κ2) is 8.09. The third-order valence-corrected chi connectivity index (χ3v) is 4.01. The largest absolute Gasteiger partial charge is 0.492 e. The molecule has 2 rings (SSSR count). The summed E-state index contributed by atoms with van der Waals surface area (Å²) in [5.41, 5.74) is 0. The molecule has 0 saturated heterocycles. The molecule has 0 aliphatic heterocycles. The lowest BCUT2D eigenvalue weighted by atomic mass is 10.3. The summed E-state index contributed by atoms with van der Waals surface area (Å²) in [6.45, 7) is 0.298. The van der Waals surface area contributed by atoms with Gasteiger partial charge < -0.3 is 10.1 Å². The zero-order valence-electron chi connectivity index (χ0n) is 11.6. The third kappa shape index (κ3) is 5.34. The number of nitrogens with one attached hydrogen (secondary N) is 1. The molecule has 0 fully saturated rings. The minimum absolute atomic E-state index is 0.124. The summed E-state index contributed by atoms with van der Waals surface area (Å²) in [4.78, 5) is 25.4. The molecule has 0 atom stereocenters. The van der Waals surface area contributed by atoms with Crippen LogP contribution in [0.5, 0.6) is 5.75 Å². The number of benzene rings is 1. The van der Waals surface area contributed by atoms with Crippen LogP contribution in [0.15, 0.2) is 24.4 Å². The lowest BCUT2D eigenvalue weighted by molar-refractivity contribution is -0.380. The number of hydrogen-bond acceptors (Lipinski definition) is 6. The van der Waals surface area contributed by atoms with Gasteiger partial charge in [-0.15, -0.1) is 0 Å². The Hall–Kier alpha value is -1.90. The Labute approximate surface area is 145 Å². The van der Waals surface area contributed by atoms with Gasteiger partial charge in [-0.3, -0.25) is 14.9 Å². The van der Waals surface area contributed by atoms with Gasteiger partial charge in [0.1, 0.15) is 11.9 Å². The molecule has 0 saturated carbocycles. The van der Waals surface area contributed by atoms with E-state index in [1.807, 2.05) is 0 Å². The molecule has 2 aromatic rings. The zero-order chi connectivity index (χ0) is 16.8. The van der Waals surface area contributed by atoms with Gasteiger partial charge in [0.15, 0.2) is 5.13 Å². The molecule has 0 unspecified atom stereocenters. The molecule has 122 valence electrons. The van der Waals surface area contributed by atoms with E-state index in [9.17, 15) is 14.9 Å². The van der Waals surface area contributed by atoms with Crippen LogP contribution in [0.1, 0.15) is 12.8 Å². The number of thiazole rings is 1. The van der Waals surface area contributed by atoms with E-state index >= 15 is 0 Å². The van der Waals surface area contributed by atoms with E-state index in [2.05, 4.69) is 10.3 Å². The molecule has 1 N–H and O–H groups in total. The van der Waals surface area contributed by atoms with Crippen molar-refractivity contribution in [3.63, 3.8) is 0 Å². The minimum Gasteiger partial charge on any atom is -0.492 e. The van der Waals surface area contributed by atoms with Gasteiger partial charge in [-0.2, -0.15) is 0 Å². The molecule has 1 heterocycles. The maximum atomic E-state index is 11.7. The number of nitro groups is 1. The maximum Gasteiger partial charge on any atom is 0.345 e. The van der Waals surface area contributed by atoms with Crippen molar-refractivity contribution in [3.05, 3.63) is 44.6 Å². The molecule has 1 aromatic carbocycles. The van der Waals surface area contributed by atoms with Gasteiger partial charge in [0.25, 0.3) is 0 Å². The predicted octanol–water partition coefficient (Wildman–Crippen LogP) is 4.16. The maximum absolute atomic E-state index is 11.7. The van der Waals surface area contributed by atoms with E-state index in [4.69, 9.17) is 27.9 Å². The number of nitrogens with zero attached hydrogens (tertiary/aromatic N) is 2. The summed E-state index contributed by atoms with van der Waals surface area (Å²) < 4.78 is 5.46. The second-order valence-corrected chi connectivity index (χ2v) is 6.19. The quantitative estimate of drug-likeness (QED) is 0.445. The molecule has 1 amide bonds. The van der Waals surface area contributed by atoms with Gasteiger partial charge >= 0.3 is 5.00 Å². The van der Waals surface area contributed by atoms with E-state index < -0.39 is 4.92 Å². The predicted molar refractivity (Wildman–Crippen MR) is 88.6 cm³/mol. The molecule has 0 spiro atoms. The van der Waals surface area contributed by atoms with Crippen molar-refractivity contribution < 1.29 is 14.5 Å². The van der Waals surface area contributed by atoms with Crippen molar-refractivity contribution in [3.8, 4) is 5.75 Å². The van der Waals surface area contributed by atoms with Crippen LogP contribution in [-0.2, 0) is 4.79 Å². The van der Waals surface area contributed by atoms with Gasteiger partial charge in [0.2, 0.25) is 5.91 Å². The number of carbonyl (C=O) groups is 1. The first-order valence-electron chi connectivity index (χ1n) is 6.43. The number of ether oxygens (including phenoxy) is 1. The van der Waals surface area contributed by atoms with E-state index in [-0.39, 0.29) is 22.5 Å². The van der Waals surface area contributed by atoms with Crippen LogP contribution < -0.4 is 10.1 Å². The first-order valence-corrected chi connectivity index (χ1v) is 8.01. The van der Waals surface area contributed by atoms with Crippen molar-refractivity contribution in [1.82, 2.24) is 4.98 Å². The molecular formula is C13H11Cl2N3O4S. The van der Waals surface area contributed by atoms with E-state index in [0.717, 1.165) is 17.5 Å². The van der Waals surface area contributed by atoms with Gasteiger partial charge in [-0.25, -0.2) is 4.98 Å². The van der Waals surface area contributed by atoms with Crippen LogP contribution in [0.4, 0.5) is 10.1 Å². The Bertz CT molecular complexity index is 723. The summed E-state index contributed by atoms with van der Waals surface area (Å²) >= 11 is 12.5. The molecule has 7 nitrogen and oxygen atoms in total. The Balaban J connectivity index is 1.73. The lowest BCUT2D eigenvalue weighted by Gasteiger charge is -2.08. The Kier molecular flexibility index (Phi) is 6.14. The number of carbonyl (C=O) groups excluding carboxylic acids is 1. The number of amides is 1. The molecule has 0 bridgehead atoms. The van der Waals surface area contributed by atoms with Gasteiger partial charge in [-0.05, 0) is 36.0 Å². The van der Waals surface area contributed by atoms with Crippen molar-refractivity contribution in [2.24, 2.45) is 0 Å². The third-order valence-electron chi connectivity index (χ3n) is 2.62. The molecular weight excluding hydrogens is 365 g/mol. The number of anilines is 1. The summed E-state index contributed by atoms with van der Waals surface area (Å²) in [5, 5.41) is 14.0. The highest BCUT2D eigenvalue weighted by Crippen LogP contribution is 2.28. The van der Waals surface area contributed by atoms with Crippen molar-refractivity contribution in [2.75, 3.05) is 11.9 Å². The Morgan fingerprint density at radius 3 is 2.87 bits per heavy atom. The highest BCUT2D eigenvalue weighted by Gasteiger charge is 2.13. The van der Waals surface area contributed by atoms with Gasteiger partial charge in [0.05, 0.1) is 16.6 Å². The molecule has 0 aliphatic rings. The molecule has 0 aliphatic carbocycles. The first kappa shape index (κ1) is 17.5. The van der Waals surface area contributed by atoms with Crippen molar-refractivity contribution in [2.45, 2.75) is 12.8 Å². The summed E-state index contributed by atoms with van der Waals surface area (Å²) in [5.74, 6) is 0.201. The van der Waals surface area contributed by atoms with Crippen LogP contribution in [0.25, 0.3) is 0 Å². The fourth-order valence-corrected chi connectivity index (χ4v) is 2.71. The fourth-order valence-electron chi connectivity index (χ4n) is 1.60. The number of aromatic nitrogens is 1. The highest BCUT2D eigenvalue weighted by molar-refractivity contribution is 7.18. The standard InChI is InChI=1S/C13H11Cl2N3O4S/c14-8-3-4-10(9(15)6-8)22-5-1-2-11(19)17-13-16-7-12(23-13)18(20)21/h3-4,6-7H,1-2,5H2,(H,16,17,19). The van der Waals surface area contributed by atoms with E-state index in [0.29, 0.717) is 28.8 Å². The number of rotatable bonds is 7. The van der Waals surface area contributed by atoms with Crippen LogP contribution in [0.2, 0.25) is 10.0 Å². The SMILES string of the molecule is O=C(CCCOc1ccc(Cl)cc1Cl)Nc1ncc([N+](=O)[O-])s1. The summed E-state index contributed by atoms with van der Waals surface area (Å²) in [6, 6.07) is 4.88. The molecule has 23 heavy (non-hydrogen) atoms. The monoisotopic (exact) mass is 375 g/mol. The fraction of sp³-hybridized carbons (Fsp3) is 0.231. The van der Waals surface area contributed by atoms with Crippen LogP contribution in [0.3, 0.4) is 0 Å². The molecule has 1 aromatic heterocycles. The number of hydrogen-bond donors (Lipinski definition) is 1. The first-order chi connectivity index (χ1) is 11.0. The van der Waals surface area contributed by atoms with Gasteiger partial charge in [-0.1, -0.05) is 23.2 Å². The molecule has 10 heteroatoms. The highest BCUT2D eigenvalue weighted by atomic mass is 35.5. The Morgan fingerprint density at radius 2 is 2.22 bits per heavy atom. The average Bonchev–Trinajstić information content (AvgIpc) is 2.94. The average molecular weight is 376 g/mol. The Morgan fingerprint density at radius 1 is 1.43 bits per heavy atom. The molecule has 0 radical (unpaired) electrons. The van der Waals surface area contributed by atoms with Crippen LogP contribution in [0, 0.1) is 10.1 Å². The van der Waals surface area contributed by atoms with Crippen LogP contribution >= 0.6 is 34.5 Å².